The summed E-state index contributed by atoms with van der Waals surface area (Å²) in [5.41, 5.74) is 3.09. The van der Waals surface area contributed by atoms with Crippen molar-refractivity contribution in [2.24, 2.45) is 0 Å². The number of H-pyrrole nitrogens is 1. The Morgan fingerprint density at radius 1 is 1.26 bits per heavy atom. The van der Waals surface area contributed by atoms with Gasteiger partial charge >= 0.3 is 17.5 Å². The molecular formula is C21H23N4O3S3+. The van der Waals surface area contributed by atoms with Crippen LogP contribution in [0.4, 0.5) is 16.3 Å². The molecule has 0 saturated carbocycles. The number of aromatic nitrogens is 2. The third kappa shape index (κ3) is 5.04. The summed E-state index contributed by atoms with van der Waals surface area (Å²) in [5, 5.41) is 8.17. The fourth-order valence-electron chi connectivity index (χ4n) is 2.95. The molecule has 0 spiro atoms. The number of anilines is 2. The average molecular weight is 476 g/mol. The van der Waals surface area contributed by atoms with Gasteiger partial charge in [-0.2, -0.15) is 9.27 Å². The molecule has 3 aromatic heterocycles. The van der Waals surface area contributed by atoms with Crippen LogP contribution in [0.3, 0.4) is 0 Å². The first-order chi connectivity index (χ1) is 14.7. The third-order valence-electron chi connectivity index (χ3n) is 4.27. The van der Waals surface area contributed by atoms with Crippen LogP contribution >= 0.6 is 22.7 Å². The van der Waals surface area contributed by atoms with Crippen LogP contribution in [0.25, 0.3) is 21.6 Å². The maximum Gasteiger partial charge on any atom is 0.413 e. The molecule has 1 unspecified atom stereocenters. The molecule has 10 heteroatoms. The maximum atomic E-state index is 12.0. The van der Waals surface area contributed by atoms with E-state index in [1.165, 1.54) is 22.7 Å². The molecule has 1 aromatic carbocycles. The SMILES string of the molecule is Cc1ccc(N[S+](O)c2cccs2)c2[nH]c(-c3nc(NC(=O)OC(C)(C)C)cs3)cc12. The number of hydrogen-bond donors (Lipinski definition) is 4. The van der Waals surface area contributed by atoms with Crippen molar-refractivity contribution in [3.05, 3.63) is 46.7 Å². The molecule has 3 heterocycles. The highest BCUT2D eigenvalue weighted by atomic mass is 32.2. The highest BCUT2D eigenvalue weighted by molar-refractivity contribution is 7.94. The van der Waals surface area contributed by atoms with Crippen molar-refractivity contribution in [1.82, 2.24) is 9.97 Å². The van der Waals surface area contributed by atoms with Crippen LogP contribution in [-0.4, -0.2) is 26.2 Å². The number of nitrogens with zero attached hydrogens (tertiary/aromatic N) is 1. The summed E-state index contributed by atoms with van der Waals surface area (Å²) in [5.74, 6) is 0.442. The van der Waals surface area contributed by atoms with Crippen molar-refractivity contribution in [1.29, 1.82) is 0 Å². The van der Waals surface area contributed by atoms with Crippen LogP contribution in [0.2, 0.25) is 0 Å². The number of aromatic amines is 1. The zero-order chi connectivity index (χ0) is 22.2. The maximum absolute atomic E-state index is 12.0. The highest BCUT2D eigenvalue weighted by Gasteiger charge is 2.24. The Balaban J connectivity index is 1.59. The van der Waals surface area contributed by atoms with E-state index in [-0.39, 0.29) is 0 Å². The third-order valence-corrected chi connectivity index (χ3v) is 7.50. The quantitative estimate of drug-likeness (QED) is 0.247. The summed E-state index contributed by atoms with van der Waals surface area (Å²) in [6.07, 6.45) is -0.535. The van der Waals surface area contributed by atoms with Crippen LogP contribution in [0, 0.1) is 6.92 Å². The first-order valence-corrected chi connectivity index (χ1v) is 12.5. The van der Waals surface area contributed by atoms with Crippen LogP contribution in [0.15, 0.2) is 45.3 Å². The number of carbonyl (C=O) groups is 1. The van der Waals surface area contributed by atoms with Crippen LogP contribution < -0.4 is 10.0 Å². The van der Waals surface area contributed by atoms with E-state index in [9.17, 15) is 9.35 Å². The largest absolute Gasteiger partial charge is 0.444 e. The number of fused-ring (bicyclic) bond motifs is 1. The van der Waals surface area contributed by atoms with Crippen molar-refractivity contribution in [3.63, 3.8) is 0 Å². The molecule has 0 aliphatic rings. The standard InChI is InChI=1S/C21H22N4O3S3/c1-12-7-8-14(25-31(27)17-6-5-9-29-17)18-13(12)10-15(22-18)19-23-16(11-30-19)24-20(26)28-21(2,3)4/h5-11,25,27H,1-4H3,(H-,22,23,24,26)/p+1. The summed E-state index contributed by atoms with van der Waals surface area (Å²) in [4.78, 5) is 19.9. The number of rotatable bonds is 5. The molecule has 0 aliphatic heterocycles. The molecule has 4 aromatic rings. The monoisotopic (exact) mass is 475 g/mol. The smallest absolute Gasteiger partial charge is 0.413 e. The number of hydrogen-bond acceptors (Lipinski definition) is 7. The Labute approximate surface area is 191 Å². The zero-order valence-corrected chi connectivity index (χ0v) is 19.9. The van der Waals surface area contributed by atoms with Crippen molar-refractivity contribution in [2.75, 3.05) is 10.0 Å². The highest BCUT2D eigenvalue weighted by Crippen LogP contribution is 2.34. The van der Waals surface area contributed by atoms with Crippen LogP contribution in [0.1, 0.15) is 26.3 Å². The molecule has 0 aliphatic carbocycles. The summed E-state index contributed by atoms with van der Waals surface area (Å²) in [6, 6.07) is 9.83. The second kappa shape index (κ2) is 8.54. The Hall–Kier alpha value is -2.53. The van der Waals surface area contributed by atoms with E-state index in [1.54, 1.807) is 5.38 Å². The van der Waals surface area contributed by atoms with Crippen LogP contribution in [-0.2, 0) is 16.1 Å². The second-order valence-corrected chi connectivity index (χ2v) is 11.2. The summed E-state index contributed by atoms with van der Waals surface area (Å²) >= 11 is 1.84. The number of thiazole rings is 1. The van der Waals surface area contributed by atoms with Crippen molar-refractivity contribution < 1.29 is 14.1 Å². The van der Waals surface area contributed by atoms with Gasteiger partial charge in [0.15, 0.2) is 0 Å². The van der Waals surface area contributed by atoms with E-state index < -0.39 is 23.1 Å². The Morgan fingerprint density at radius 3 is 2.77 bits per heavy atom. The number of aryl methyl sites for hydroxylation is 1. The number of ether oxygens (including phenoxy) is 1. The molecule has 1 atom stereocenters. The number of amides is 1. The molecule has 31 heavy (non-hydrogen) atoms. The molecule has 0 fully saturated rings. The van der Waals surface area contributed by atoms with Crippen molar-refractivity contribution in [2.45, 2.75) is 37.5 Å². The first kappa shape index (κ1) is 21.7. The number of thiophene rings is 1. The summed E-state index contributed by atoms with van der Waals surface area (Å²) < 4.78 is 19.9. The molecule has 1 amide bonds. The molecule has 0 saturated heterocycles. The Kier molecular flexibility index (Phi) is 5.98. The van der Waals surface area contributed by atoms with Crippen LogP contribution in [0.5, 0.6) is 0 Å². The molecule has 4 N–H and O–H groups in total. The predicted molar refractivity (Wildman–Crippen MR) is 130 cm³/mol. The van der Waals surface area contributed by atoms with Crippen molar-refractivity contribution >= 4 is 62.5 Å². The van der Waals surface area contributed by atoms with Gasteiger partial charge in [0.1, 0.15) is 22.1 Å². The second-order valence-electron chi connectivity index (χ2n) is 7.89. The Morgan fingerprint density at radius 2 is 2.06 bits per heavy atom. The topological polar surface area (TPSA) is 99.3 Å². The number of nitrogens with one attached hydrogen (secondary N) is 3. The average Bonchev–Trinajstić information content (AvgIpc) is 3.42. The zero-order valence-electron chi connectivity index (χ0n) is 17.5. The van der Waals surface area contributed by atoms with Crippen molar-refractivity contribution in [3.8, 4) is 10.7 Å². The van der Waals surface area contributed by atoms with E-state index >= 15 is 0 Å². The fraction of sp³-hybridized carbons (Fsp3) is 0.238. The molecule has 4 rings (SSSR count). The lowest BCUT2D eigenvalue weighted by molar-refractivity contribution is 0.0635. The summed E-state index contributed by atoms with van der Waals surface area (Å²) in [6.45, 7) is 7.48. The molecule has 0 radical (unpaired) electrons. The minimum Gasteiger partial charge on any atom is -0.444 e. The van der Waals surface area contributed by atoms with E-state index in [0.29, 0.717) is 5.82 Å². The molecule has 7 nitrogen and oxygen atoms in total. The molecule has 162 valence electrons. The van der Waals surface area contributed by atoms with Gasteiger partial charge in [-0.05, 0) is 56.8 Å². The number of carbonyl (C=O) groups excluding carboxylic acids is 1. The lowest BCUT2D eigenvalue weighted by atomic mass is 10.1. The van der Waals surface area contributed by atoms with E-state index in [4.69, 9.17) is 4.74 Å². The van der Waals surface area contributed by atoms with Gasteiger partial charge in [-0.3, -0.25) is 5.32 Å². The molecule has 0 bridgehead atoms. The number of benzene rings is 1. The first-order valence-electron chi connectivity index (χ1n) is 9.51. The van der Waals surface area contributed by atoms with Gasteiger partial charge in [0.05, 0.1) is 11.2 Å². The minimum absolute atomic E-state index is 0.442. The predicted octanol–water partition coefficient (Wildman–Crippen LogP) is 6.49. The normalized spacial score (nSPS) is 12.7. The molecular weight excluding hydrogens is 452 g/mol. The van der Waals surface area contributed by atoms with Gasteiger partial charge in [-0.25, -0.2) is 9.78 Å². The Bertz CT molecular complexity index is 1210. The van der Waals surface area contributed by atoms with Gasteiger partial charge in [0.25, 0.3) is 4.21 Å². The van der Waals surface area contributed by atoms with Gasteiger partial charge in [-0.15, -0.1) is 11.3 Å². The lowest BCUT2D eigenvalue weighted by Gasteiger charge is -2.19. The summed E-state index contributed by atoms with van der Waals surface area (Å²) in [7, 11) is 0. The minimum atomic E-state index is -1.09. The van der Waals surface area contributed by atoms with Gasteiger partial charge in [-0.1, -0.05) is 17.4 Å². The van der Waals surface area contributed by atoms with E-state index in [1.807, 2.05) is 63.4 Å². The van der Waals surface area contributed by atoms with Gasteiger partial charge in [0, 0.05) is 16.8 Å². The van der Waals surface area contributed by atoms with Gasteiger partial charge in [0.2, 0.25) is 0 Å². The van der Waals surface area contributed by atoms with E-state index in [2.05, 4.69) is 20.0 Å². The van der Waals surface area contributed by atoms with E-state index in [0.717, 1.165) is 37.1 Å². The fourth-order valence-corrected chi connectivity index (χ4v) is 5.46. The lowest BCUT2D eigenvalue weighted by Crippen LogP contribution is -2.27. The van der Waals surface area contributed by atoms with Gasteiger partial charge < -0.3 is 9.72 Å².